The summed E-state index contributed by atoms with van der Waals surface area (Å²) in [7, 11) is 0. The van der Waals surface area contributed by atoms with Gasteiger partial charge in [0, 0.05) is 11.4 Å². The molecular weight excluding hydrogens is 374 g/mol. The second kappa shape index (κ2) is 9.12. The van der Waals surface area contributed by atoms with E-state index in [1.165, 1.54) is 43.6 Å². The zero-order valence-electron chi connectivity index (χ0n) is 15.7. The molecule has 0 saturated carbocycles. The highest BCUT2D eigenvalue weighted by atomic mass is 32.1. The van der Waals surface area contributed by atoms with Crippen molar-refractivity contribution in [3.05, 3.63) is 58.7 Å². The second-order valence-electron chi connectivity index (χ2n) is 6.91. The van der Waals surface area contributed by atoms with Crippen LogP contribution in [-0.4, -0.2) is 34.1 Å². The van der Waals surface area contributed by atoms with Crippen LogP contribution in [0.25, 0.3) is 10.8 Å². The molecule has 0 N–H and O–H groups in total. The van der Waals surface area contributed by atoms with Crippen LogP contribution < -0.4 is 0 Å². The van der Waals surface area contributed by atoms with Crippen LogP contribution in [0.5, 0.6) is 0 Å². The topological polar surface area (TPSA) is 68.5 Å². The molecule has 0 bridgehead atoms. The van der Waals surface area contributed by atoms with Crippen molar-refractivity contribution in [3.8, 4) is 10.8 Å². The zero-order valence-corrected chi connectivity index (χ0v) is 16.5. The summed E-state index contributed by atoms with van der Waals surface area (Å²) in [5.74, 6) is 0.433. The first-order chi connectivity index (χ1) is 13.8. The molecule has 146 valence electrons. The van der Waals surface area contributed by atoms with Gasteiger partial charge in [0.15, 0.2) is 6.61 Å². The number of hydrogen-bond acceptors (Lipinski definition) is 7. The van der Waals surface area contributed by atoms with Crippen LogP contribution in [0.4, 0.5) is 0 Å². The van der Waals surface area contributed by atoms with Crippen LogP contribution in [0.2, 0.25) is 0 Å². The number of carbonyl (C=O) groups is 1. The number of nitrogens with zero attached hydrogens (tertiary/aromatic N) is 3. The molecule has 1 aliphatic rings. The smallest absolute Gasteiger partial charge is 0.338 e. The molecule has 1 fully saturated rings. The molecule has 0 spiro atoms. The molecule has 3 heterocycles. The predicted molar refractivity (Wildman–Crippen MR) is 107 cm³/mol. The largest absolute Gasteiger partial charge is 0.454 e. The molecule has 3 aromatic rings. The Bertz CT molecular complexity index is 899. The molecule has 2 aromatic heterocycles. The summed E-state index contributed by atoms with van der Waals surface area (Å²) in [5, 5.41) is 3.93. The first-order valence-corrected chi connectivity index (χ1v) is 10.5. The highest BCUT2D eigenvalue weighted by Crippen LogP contribution is 2.28. The summed E-state index contributed by atoms with van der Waals surface area (Å²) in [6.45, 7) is 3.30. The normalized spacial score (nSPS) is 15.3. The SMILES string of the molecule is O=C(OCc1noc(-c2ccc(CN3CCCCCC3)s2)n1)c1ccccc1. The maximum Gasteiger partial charge on any atom is 0.338 e. The van der Waals surface area contributed by atoms with Gasteiger partial charge in [-0.15, -0.1) is 11.3 Å². The van der Waals surface area contributed by atoms with Gasteiger partial charge in [0.1, 0.15) is 0 Å². The highest BCUT2D eigenvalue weighted by molar-refractivity contribution is 7.15. The fourth-order valence-corrected chi connectivity index (χ4v) is 4.26. The van der Waals surface area contributed by atoms with Gasteiger partial charge >= 0.3 is 5.97 Å². The first kappa shape index (κ1) is 18.8. The summed E-state index contributed by atoms with van der Waals surface area (Å²) in [4.78, 5) is 21.1. The van der Waals surface area contributed by atoms with Gasteiger partial charge in [0.25, 0.3) is 5.89 Å². The van der Waals surface area contributed by atoms with Gasteiger partial charge < -0.3 is 9.26 Å². The molecule has 0 radical (unpaired) electrons. The number of aromatic nitrogens is 2. The van der Waals surface area contributed by atoms with Crippen LogP contribution in [0, 0.1) is 0 Å². The number of rotatable bonds is 6. The molecule has 1 aromatic carbocycles. The zero-order chi connectivity index (χ0) is 19.2. The number of esters is 1. The standard InChI is InChI=1S/C21H23N3O3S/c25-21(16-8-4-3-5-9-16)26-15-19-22-20(27-23-19)18-11-10-17(28-18)14-24-12-6-1-2-7-13-24/h3-5,8-11H,1-2,6-7,12-15H2. The Labute approximate surface area is 168 Å². The van der Waals surface area contributed by atoms with Crippen molar-refractivity contribution in [2.24, 2.45) is 0 Å². The van der Waals surface area contributed by atoms with E-state index in [2.05, 4.69) is 21.1 Å². The lowest BCUT2D eigenvalue weighted by Gasteiger charge is -2.18. The molecule has 1 aliphatic heterocycles. The van der Waals surface area contributed by atoms with E-state index in [1.54, 1.807) is 35.6 Å². The fraction of sp³-hybridized carbons (Fsp3) is 0.381. The third-order valence-electron chi connectivity index (χ3n) is 4.76. The second-order valence-corrected chi connectivity index (χ2v) is 8.08. The average Bonchev–Trinajstić information content (AvgIpc) is 3.31. The monoisotopic (exact) mass is 397 g/mol. The van der Waals surface area contributed by atoms with E-state index in [1.807, 2.05) is 12.1 Å². The molecule has 0 atom stereocenters. The summed E-state index contributed by atoms with van der Waals surface area (Å²) in [5.41, 5.74) is 0.502. The molecule has 0 aliphatic carbocycles. The Hall–Kier alpha value is -2.51. The summed E-state index contributed by atoms with van der Waals surface area (Å²) in [6, 6.07) is 13.0. The lowest BCUT2D eigenvalue weighted by atomic mass is 10.2. The van der Waals surface area contributed by atoms with Crippen LogP contribution in [0.15, 0.2) is 47.0 Å². The van der Waals surface area contributed by atoms with Gasteiger partial charge in [0.05, 0.1) is 10.4 Å². The molecule has 4 rings (SSSR count). The van der Waals surface area contributed by atoms with Crippen LogP contribution in [-0.2, 0) is 17.9 Å². The summed E-state index contributed by atoms with van der Waals surface area (Å²) >= 11 is 1.68. The molecule has 0 unspecified atom stereocenters. The highest BCUT2D eigenvalue weighted by Gasteiger charge is 2.15. The Kier molecular flexibility index (Phi) is 6.14. The van der Waals surface area contributed by atoms with E-state index in [4.69, 9.17) is 9.26 Å². The third kappa shape index (κ3) is 4.85. The maximum atomic E-state index is 12.0. The Balaban J connectivity index is 1.34. The molecule has 7 heteroatoms. The first-order valence-electron chi connectivity index (χ1n) is 9.64. The van der Waals surface area contributed by atoms with Crippen molar-refractivity contribution in [2.45, 2.75) is 38.8 Å². The van der Waals surface area contributed by atoms with Crippen LogP contribution in [0.3, 0.4) is 0 Å². The number of hydrogen-bond donors (Lipinski definition) is 0. The van der Waals surface area contributed by atoms with E-state index in [9.17, 15) is 4.79 Å². The van der Waals surface area contributed by atoms with Gasteiger partial charge in [-0.05, 0) is 50.2 Å². The van der Waals surface area contributed by atoms with Crippen molar-refractivity contribution in [1.29, 1.82) is 0 Å². The number of carbonyl (C=O) groups excluding carboxylic acids is 1. The fourth-order valence-electron chi connectivity index (χ4n) is 3.29. The number of ether oxygens (including phenoxy) is 1. The lowest BCUT2D eigenvalue weighted by Crippen LogP contribution is -2.23. The maximum absolute atomic E-state index is 12.0. The minimum atomic E-state index is -0.400. The average molecular weight is 398 g/mol. The van der Waals surface area contributed by atoms with Crippen molar-refractivity contribution >= 4 is 17.3 Å². The summed E-state index contributed by atoms with van der Waals surface area (Å²) in [6.07, 6.45) is 5.25. The van der Waals surface area contributed by atoms with Crippen LogP contribution >= 0.6 is 11.3 Å². The molecule has 28 heavy (non-hydrogen) atoms. The van der Waals surface area contributed by atoms with Gasteiger partial charge in [-0.3, -0.25) is 4.90 Å². The van der Waals surface area contributed by atoms with Crippen molar-refractivity contribution in [3.63, 3.8) is 0 Å². The minimum absolute atomic E-state index is 0.0107. The van der Waals surface area contributed by atoms with Crippen molar-refractivity contribution in [1.82, 2.24) is 15.0 Å². The van der Waals surface area contributed by atoms with E-state index >= 15 is 0 Å². The Morgan fingerprint density at radius 1 is 1.07 bits per heavy atom. The van der Waals surface area contributed by atoms with Gasteiger partial charge in [0.2, 0.25) is 5.82 Å². The van der Waals surface area contributed by atoms with E-state index in [-0.39, 0.29) is 6.61 Å². The Morgan fingerprint density at radius 3 is 2.64 bits per heavy atom. The third-order valence-corrected chi connectivity index (χ3v) is 5.82. The molecular formula is C21H23N3O3S. The van der Waals surface area contributed by atoms with Gasteiger partial charge in [-0.2, -0.15) is 4.98 Å². The van der Waals surface area contributed by atoms with Gasteiger partial charge in [-0.25, -0.2) is 4.79 Å². The van der Waals surface area contributed by atoms with Gasteiger partial charge in [-0.1, -0.05) is 36.2 Å². The number of thiophene rings is 1. The van der Waals surface area contributed by atoms with Crippen molar-refractivity contribution < 1.29 is 14.1 Å². The number of likely N-dealkylation sites (tertiary alicyclic amines) is 1. The molecule has 0 amide bonds. The number of benzene rings is 1. The Morgan fingerprint density at radius 2 is 1.86 bits per heavy atom. The van der Waals surface area contributed by atoms with E-state index in [0.717, 1.165) is 11.4 Å². The van der Waals surface area contributed by atoms with Crippen molar-refractivity contribution in [2.75, 3.05) is 13.1 Å². The predicted octanol–water partition coefficient (Wildman–Crippen LogP) is 4.53. The quantitative estimate of drug-likeness (QED) is 0.569. The van der Waals surface area contributed by atoms with E-state index in [0.29, 0.717) is 17.3 Å². The molecule has 6 nitrogen and oxygen atoms in total. The lowest BCUT2D eigenvalue weighted by molar-refractivity contribution is 0.0459. The van der Waals surface area contributed by atoms with Crippen LogP contribution in [0.1, 0.15) is 46.7 Å². The van der Waals surface area contributed by atoms with E-state index < -0.39 is 5.97 Å². The summed E-state index contributed by atoms with van der Waals surface area (Å²) < 4.78 is 10.6. The molecule has 1 saturated heterocycles. The minimum Gasteiger partial charge on any atom is -0.454 e.